The zero-order valence-electron chi connectivity index (χ0n) is 17.3. The molecule has 0 aliphatic carbocycles. The molecule has 32 heavy (non-hydrogen) atoms. The minimum Gasteiger partial charge on any atom is -0.459 e. The molecule has 11 heteroatoms. The van der Waals surface area contributed by atoms with Crippen molar-refractivity contribution in [2.75, 3.05) is 39.3 Å². The Bertz CT molecular complexity index is 1000. The highest BCUT2D eigenvalue weighted by Crippen LogP contribution is 2.25. The highest BCUT2D eigenvalue weighted by Gasteiger charge is 2.44. The van der Waals surface area contributed by atoms with E-state index in [-0.39, 0.29) is 33.4 Å². The van der Waals surface area contributed by atoms with Gasteiger partial charge in [0.25, 0.3) is 11.8 Å². The first kappa shape index (κ1) is 22.6. The summed E-state index contributed by atoms with van der Waals surface area (Å²) in [4.78, 5) is 46.4. The lowest BCUT2D eigenvalue weighted by atomic mass is 9.86. The summed E-state index contributed by atoms with van der Waals surface area (Å²) in [7, 11) is 0. The zero-order chi connectivity index (χ0) is 22.7. The van der Waals surface area contributed by atoms with Gasteiger partial charge in [0.1, 0.15) is 16.4 Å². The molecule has 2 aromatic heterocycles. The number of hydrogen-bond donors (Lipinski definition) is 2. The molecule has 170 valence electrons. The molecule has 2 aliphatic rings. The van der Waals surface area contributed by atoms with Crippen molar-refractivity contribution in [3.63, 3.8) is 0 Å². The van der Waals surface area contributed by atoms with Crippen LogP contribution in [0.5, 0.6) is 0 Å². The van der Waals surface area contributed by atoms with Crippen LogP contribution in [0.4, 0.5) is 0 Å². The fourth-order valence-corrected chi connectivity index (χ4v) is 4.41. The summed E-state index contributed by atoms with van der Waals surface area (Å²) in [6.45, 7) is 2.67. The minimum absolute atomic E-state index is 0.0151. The summed E-state index contributed by atoms with van der Waals surface area (Å²) in [6, 6.07) is 6.28. The molecular weight excluding hydrogens is 457 g/mol. The minimum atomic E-state index is -1.08. The molecular formula is C21H23Cl2N5O4. The van der Waals surface area contributed by atoms with Gasteiger partial charge >= 0.3 is 0 Å². The number of furan rings is 1. The molecule has 2 aliphatic heterocycles. The lowest BCUT2D eigenvalue weighted by molar-refractivity contribution is -0.140. The normalized spacial score (nSPS) is 18.3. The number of halogens is 2. The van der Waals surface area contributed by atoms with E-state index < -0.39 is 11.4 Å². The number of hydrogen-bond acceptors (Lipinski definition) is 6. The summed E-state index contributed by atoms with van der Waals surface area (Å²) in [6.07, 6.45) is 2.32. The molecule has 2 saturated heterocycles. The van der Waals surface area contributed by atoms with E-state index in [4.69, 9.17) is 27.6 Å². The molecule has 9 nitrogen and oxygen atoms in total. The molecule has 0 saturated carbocycles. The molecule has 0 aromatic carbocycles. The van der Waals surface area contributed by atoms with Crippen LogP contribution in [0.1, 0.15) is 33.9 Å². The van der Waals surface area contributed by atoms with Gasteiger partial charge in [-0.2, -0.15) is 0 Å². The molecule has 2 aromatic rings. The van der Waals surface area contributed by atoms with Crippen LogP contribution in [0.3, 0.4) is 0 Å². The molecule has 0 radical (unpaired) electrons. The molecule has 0 atom stereocenters. The first-order valence-electron chi connectivity index (χ1n) is 10.4. The van der Waals surface area contributed by atoms with Crippen molar-refractivity contribution in [2.24, 2.45) is 0 Å². The van der Waals surface area contributed by atoms with Gasteiger partial charge in [-0.05, 0) is 50.2 Å². The van der Waals surface area contributed by atoms with Crippen LogP contribution < -0.4 is 10.6 Å². The van der Waals surface area contributed by atoms with Gasteiger partial charge in [-0.3, -0.25) is 14.4 Å². The molecule has 3 amide bonds. The van der Waals surface area contributed by atoms with Gasteiger partial charge < -0.3 is 24.9 Å². The van der Waals surface area contributed by atoms with E-state index in [1.807, 2.05) is 0 Å². The SMILES string of the molecule is O=C(NC1(C(=O)N2CCN(C(=O)c3ccco3)CC2)CCNCC1)c1nc(Cl)ccc1Cl. The number of nitrogens with one attached hydrogen (secondary N) is 2. The zero-order valence-corrected chi connectivity index (χ0v) is 18.8. The number of aromatic nitrogens is 1. The van der Waals surface area contributed by atoms with E-state index in [2.05, 4.69) is 15.6 Å². The van der Waals surface area contributed by atoms with E-state index in [1.54, 1.807) is 21.9 Å². The third-order valence-corrected chi connectivity index (χ3v) is 6.35. The van der Waals surface area contributed by atoms with Crippen LogP contribution in [0.2, 0.25) is 10.2 Å². The van der Waals surface area contributed by atoms with Crippen LogP contribution in [-0.2, 0) is 4.79 Å². The van der Waals surface area contributed by atoms with Crippen LogP contribution in [-0.4, -0.2) is 77.3 Å². The number of carbonyl (C=O) groups is 3. The fraction of sp³-hybridized carbons (Fsp3) is 0.429. The van der Waals surface area contributed by atoms with Crippen LogP contribution in [0, 0.1) is 0 Å². The third kappa shape index (κ3) is 4.60. The van der Waals surface area contributed by atoms with Crippen molar-refractivity contribution in [1.82, 2.24) is 25.4 Å². The average molecular weight is 480 g/mol. The monoisotopic (exact) mass is 479 g/mol. The lowest BCUT2D eigenvalue weighted by Gasteiger charge is -2.43. The summed E-state index contributed by atoms with van der Waals surface area (Å²) in [5.41, 5.74) is -1.10. The van der Waals surface area contributed by atoms with Crippen LogP contribution in [0.25, 0.3) is 0 Å². The van der Waals surface area contributed by atoms with E-state index in [1.165, 1.54) is 18.4 Å². The summed E-state index contributed by atoms with van der Waals surface area (Å²) < 4.78 is 5.19. The largest absolute Gasteiger partial charge is 0.459 e. The quantitative estimate of drug-likeness (QED) is 0.647. The maximum atomic E-state index is 13.6. The van der Waals surface area contributed by atoms with Crippen molar-refractivity contribution in [1.29, 1.82) is 0 Å². The van der Waals surface area contributed by atoms with E-state index in [0.29, 0.717) is 52.1 Å². The highest BCUT2D eigenvalue weighted by molar-refractivity contribution is 6.34. The average Bonchev–Trinajstić information content (AvgIpc) is 3.35. The second-order valence-electron chi connectivity index (χ2n) is 7.81. The van der Waals surface area contributed by atoms with Crippen molar-refractivity contribution >= 4 is 40.9 Å². The van der Waals surface area contributed by atoms with Gasteiger partial charge in [-0.25, -0.2) is 4.98 Å². The van der Waals surface area contributed by atoms with Gasteiger partial charge in [0.15, 0.2) is 5.76 Å². The van der Waals surface area contributed by atoms with Crippen LogP contribution >= 0.6 is 23.2 Å². The van der Waals surface area contributed by atoms with Crippen LogP contribution in [0.15, 0.2) is 34.9 Å². The predicted molar refractivity (Wildman–Crippen MR) is 118 cm³/mol. The Morgan fingerprint density at radius 3 is 2.38 bits per heavy atom. The number of piperazine rings is 1. The van der Waals surface area contributed by atoms with E-state index >= 15 is 0 Å². The van der Waals surface area contributed by atoms with Crippen molar-refractivity contribution in [3.05, 3.63) is 52.2 Å². The number of amides is 3. The maximum absolute atomic E-state index is 13.6. The Morgan fingerprint density at radius 2 is 1.72 bits per heavy atom. The van der Waals surface area contributed by atoms with E-state index in [0.717, 1.165) is 0 Å². The van der Waals surface area contributed by atoms with Gasteiger partial charge in [0.2, 0.25) is 5.91 Å². The van der Waals surface area contributed by atoms with Gasteiger partial charge in [0, 0.05) is 26.2 Å². The van der Waals surface area contributed by atoms with Crippen molar-refractivity contribution < 1.29 is 18.8 Å². The van der Waals surface area contributed by atoms with Crippen molar-refractivity contribution in [3.8, 4) is 0 Å². The topological polar surface area (TPSA) is 108 Å². The number of nitrogens with zero attached hydrogens (tertiary/aromatic N) is 3. The number of pyridine rings is 1. The second-order valence-corrected chi connectivity index (χ2v) is 8.61. The number of rotatable bonds is 4. The molecule has 0 bridgehead atoms. The molecule has 0 spiro atoms. The lowest BCUT2D eigenvalue weighted by Crippen LogP contribution is -2.65. The summed E-state index contributed by atoms with van der Waals surface area (Å²) in [5, 5.41) is 6.42. The highest BCUT2D eigenvalue weighted by atomic mass is 35.5. The maximum Gasteiger partial charge on any atom is 0.289 e. The number of piperidine rings is 1. The summed E-state index contributed by atoms with van der Waals surface area (Å²) in [5.74, 6) is -0.638. The smallest absolute Gasteiger partial charge is 0.289 e. The fourth-order valence-electron chi connectivity index (χ4n) is 4.07. The summed E-state index contributed by atoms with van der Waals surface area (Å²) >= 11 is 12.1. The molecule has 4 rings (SSSR count). The number of carbonyl (C=O) groups excluding carboxylic acids is 3. The Labute approximate surface area is 195 Å². The Morgan fingerprint density at radius 1 is 1.03 bits per heavy atom. The Kier molecular flexibility index (Phi) is 6.68. The van der Waals surface area contributed by atoms with Gasteiger partial charge in [0.05, 0.1) is 11.3 Å². The Hall–Kier alpha value is -2.62. The molecule has 4 heterocycles. The van der Waals surface area contributed by atoms with Crippen molar-refractivity contribution in [2.45, 2.75) is 18.4 Å². The van der Waals surface area contributed by atoms with Gasteiger partial charge in [-0.15, -0.1) is 0 Å². The first-order valence-corrected chi connectivity index (χ1v) is 11.1. The molecule has 2 N–H and O–H groups in total. The standard InChI is InChI=1S/C21H23Cl2N5O4/c22-14-3-4-16(23)25-17(14)18(29)26-21(5-7-24-8-6-21)20(31)28-11-9-27(10-12-28)19(30)15-2-1-13-32-15/h1-4,13,24H,5-12H2,(H,26,29). The molecule has 0 unspecified atom stereocenters. The Balaban J connectivity index is 1.47. The van der Waals surface area contributed by atoms with E-state index in [9.17, 15) is 14.4 Å². The second kappa shape index (κ2) is 9.48. The molecule has 2 fully saturated rings. The predicted octanol–water partition coefficient (Wildman–Crippen LogP) is 1.82. The first-order chi connectivity index (χ1) is 15.4. The third-order valence-electron chi connectivity index (χ3n) is 5.83. The van der Waals surface area contributed by atoms with Gasteiger partial charge in [-0.1, -0.05) is 23.2 Å².